The first-order chi connectivity index (χ1) is 8.01. The maximum Gasteiger partial charge on any atom is 0.256 e. The van der Waals surface area contributed by atoms with E-state index in [0.717, 1.165) is 12.8 Å². The highest BCUT2D eigenvalue weighted by Gasteiger charge is 2.38. The summed E-state index contributed by atoms with van der Waals surface area (Å²) in [6.07, 6.45) is 2.73. The standard InChI is InChI=1S/C13H16FNO2/c1-9-8-10(4-5-11(9)14)15-12(16)13(17)6-2-3-7-13/h4-5,8,17H,2-3,6-7H2,1H3,(H,15,16). The first-order valence-electron chi connectivity index (χ1n) is 5.81. The van der Waals surface area contributed by atoms with Gasteiger partial charge in [0, 0.05) is 5.69 Å². The van der Waals surface area contributed by atoms with E-state index in [4.69, 9.17) is 0 Å². The predicted octanol–water partition coefficient (Wildman–Crippen LogP) is 2.38. The molecule has 1 aromatic carbocycles. The minimum Gasteiger partial charge on any atom is -0.380 e. The molecular formula is C13H16FNO2. The van der Waals surface area contributed by atoms with Crippen molar-refractivity contribution in [3.63, 3.8) is 0 Å². The Morgan fingerprint density at radius 2 is 2.06 bits per heavy atom. The Morgan fingerprint density at radius 1 is 1.41 bits per heavy atom. The number of carbonyl (C=O) groups excluding carboxylic acids is 1. The molecule has 0 atom stereocenters. The molecule has 1 aliphatic carbocycles. The molecule has 2 N–H and O–H groups in total. The number of nitrogens with one attached hydrogen (secondary N) is 1. The van der Waals surface area contributed by atoms with Crippen LogP contribution in [0.15, 0.2) is 18.2 Å². The molecule has 17 heavy (non-hydrogen) atoms. The predicted molar refractivity (Wildman–Crippen MR) is 63.2 cm³/mol. The fourth-order valence-electron chi connectivity index (χ4n) is 2.16. The number of aryl methyl sites for hydroxylation is 1. The van der Waals surface area contributed by atoms with Crippen LogP contribution in [0.1, 0.15) is 31.2 Å². The summed E-state index contributed by atoms with van der Waals surface area (Å²) in [6, 6.07) is 4.37. The van der Waals surface area contributed by atoms with Gasteiger partial charge in [0.2, 0.25) is 0 Å². The SMILES string of the molecule is Cc1cc(NC(=O)C2(O)CCCC2)ccc1F. The molecule has 0 spiro atoms. The Bertz CT molecular complexity index is 439. The van der Waals surface area contributed by atoms with Gasteiger partial charge in [-0.1, -0.05) is 0 Å². The Kier molecular flexibility index (Phi) is 3.15. The lowest BCUT2D eigenvalue weighted by Crippen LogP contribution is -2.40. The molecule has 0 aromatic heterocycles. The lowest BCUT2D eigenvalue weighted by molar-refractivity contribution is -0.133. The zero-order valence-corrected chi connectivity index (χ0v) is 9.79. The molecule has 1 saturated carbocycles. The lowest BCUT2D eigenvalue weighted by atomic mass is 10.0. The van der Waals surface area contributed by atoms with E-state index in [2.05, 4.69) is 5.32 Å². The first kappa shape index (κ1) is 12.0. The highest BCUT2D eigenvalue weighted by molar-refractivity contribution is 5.97. The van der Waals surface area contributed by atoms with Crippen molar-refractivity contribution in [2.75, 3.05) is 5.32 Å². The number of hydrogen-bond acceptors (Lipinski definition) is 2. The maximum absolute atomic E-state index is 13.1. The molecule has 0 unspecified atom stereocenters. The van der Waals surface area contributed by atoms with Crippen molar-refractivity contribution >= 4 is 11.6 Å². The van der Waals surface area contributed by atoms with E-state index in [9.17, 15) is 14.3 Å². The molecule has 1 aliphatic rings. The lowest BCUT2D eigenvalue weighted by Gasteiger charge is -2.21. The Balaban J connectivity index is 2.10. The molecule has 2 rings (SSSR count). The second-order valence-corrected chi connectivity index (χ2v) is 4.66. The molecule has 1 amide bonds. The fourth-order valence-corrected chi connectivity index (χ4v) is 2.16. The van der Waals surface area contributed by atoms with Crippen LogP contribution in [0.3, 0.4) is 0 Å². The molecule has 92 valence electrons. The normalized spacial score (nSPS) is 18.1. The van der Waals surface area contributed by atoms with Crippen molar-refractivity contribution in [1.29, 1.82) is 0 Å². The molecule has 0 aliphatic heterocycles. The second kappa shape index (κ2) is 4.45. The highest BCUT2D eigenvalue weighted by atomic mass is 19.1. The molecule has 0 heterocycles. The summed E-state index contributed by atoms with van der Waals surface area (Å²) in [5, 5.41) is 12.7. The van der Waals surface area contributed by atoms with Gasteiger partial charge in [-0.05, 0) is 56.4 Å². The smallest absolute Gasteiger partial charge is 0.256 e. The van der Waals surface area contributed by atoms with Crippen molar-refractivity contribution < 1.29 is 14.3 Å². The van der Waals surface area contributed by atoms with Crippen molar-refractivity contribution in [1.82, 2.24) is 0 Å². The Labute approximate surface area is 99.7 Å². The molecular weight excluding hydrogens is 221 g/mol. The second-order valence-electron chi connectivity index (χ2n) is 4.66. The van der Waals surface area contributed by atoms with Gasteiger partial charge in [0.15, 0.2) is 0 Å². The van der Waals surface area contributed by atoms with Gasteiger partial charge in [0.05, 0.1) is 0 Å². The van der Waals surface area contributed by atoms with Crippen LogP contribution >= 0.6 is 0 Å². The zero-order valence-electron chi connectivity index (χ0n) is 9.79. The maximum atomic E-state index is 13.1. The van der Waals surface area contributed by atoms with Crippen LogP contribution in [0.25, 0.3) is 0 Å². The van der Waals surface area contributed by atoms with Gasteiger partial charge in [-0.25, -0.2) is 4.39 Å². The summed E-state index contributed by atoms with van der Waals surface area (Å²) >= 11 is 0. The van der Waals surface area contributed by atoms with E-state index < -0.39 is 5.60 Å². The summed E-state index contributed by atoms with van der Waals surface area (Å²) in [4.78, 5) is 11.9. The van der Waals surface area contributed by atoms with Crippen molar-refractivity contribution in [3.8, 4) is 0 Å². The molecule has 0 radical (unpaired) electrons. The summed E-state index contributed by atoms with van der Waals surface area (Å²) in [7, 11) is 0. The Hall–Kier alpha value is -1.42. The van der Waals surface area contributed by atoms with Crippen molar-refractivity contribution in [2.24, 2.45) is 0 Å². The van der Waals surface area contributed by atoms with E-state index in [1.807, 2.05) is 0 Å². The average molecular weight is 237 g/mol. The third-order valence-electron chi connectivity index (χ3n) is 3.27. The number of halogens is 1. The molecule has 1 aromatic rings. The number of amides is 1. The number of rotatable bonds is 2. The van der Waals surface area contributed by atoms with E-state index in [1.54, 1.807) is 13.0 Å². The van der Waals surface area contributed by atoms with Crippen LogP contribution in [0, 0.1) is 12.7 Å². The zero-order chi connectivity index (χ0) is 12.5. The van der Waals surface area contributed by atoms with Gasteiger partial charge < -0.3 is 10.4 Å². The summed E-state index contributed by atoms with van der Waals surface area (Å²) < 4.78 is 13.1. The number of hydrogen-bond donors (Lipinski definition) is 2. The average Bonchev–Trinajstić information content (AvgIpc) is 2.72. The van der Waals surface area contributed by atoms with E-state index in [1.165, 1.54) is 12.1 Å². The van der Waals surface area contributed by atoms with Crippen LogP contribution in [0.2, 0.25) is 0 Å². The van der Waals surface area contributed by atoms with Crippen LogP contribution in [-0.2, 0) is 4.79 Å². The Morgan fingerprint density at radius 3 is 2.65 bits per heavy atom. The monoisotopic (exact) mass is 237 g/mol. The molecule has 0 bridgehead atoms. The number of carbonyl (C=O) groups is 1. The molecule has 3 nitrogen and oxygen atoms in total. The van der Waals surface area contributed by atoms with E-state index in [-0.39, 0.29) is 11.7 Å². The highest BCUT2D eigenvalue weighted by Crippen LogP contribution is 2.30. The van der Waals surface area contributed by atoms with Gasteiger partial charge in [-0.3, -0.25) is 4.79 Å². The summed E-state index contributed by atoms with van der Waals surface area (Å²) in [5.41, 5.74) is -0.252. The first-order valence-corrected chi connectivity index (χ1v) is 5.81. The minimum absolute atomic E-state index is 0.303. The summed E-state index contributed by atoms with van der Waals surface area (Å²) in [5.74, 6) is -0.691. The number of aliphatic hydroxyl groups is 1. The summed E-state index contributed by atoms with van der Waals surface area (Å²) in [6.45, 7) is 1.63. The fraction of sp³-hybridized carbons (Fsp3) is 0.462. The van der Waals surface area contributed by atoms with Crippen molar-refractivity contribution in [2.45, 2.75) is 38.2 Å². The minimum atomic E-state index is -1.25. The third-order valence-corrected chi connectivity index (χ3v) is 3.27. The van der Waals surface area contributed by atoms with Crippen molar-refractivity contribution in [3.05, 3.63) is 29.6 Å². The van der Waals surface area contributed by atoms with Crippen LogP contribution in [-0.4, -0.2) is 16.6 Å². The van der Waals surface area contributed by atoms with E-state index >= 15 is 0 Å². The largest absolute Gasteiger partial charge is 0.380 e. The van der Waals surface area contributed by atoms with Gasteiger partial charge >= 0.3 is 0 Å². The van der Waals surface area contributed by atoms with Gasteiger partial charge in [-0.2, -0.15) is 0 Å². The van der Waals surface area contributed by atoms with Gasteiger partial charge in [0.25, 0.3) is 5.91 Å². The molecule has 1 fully saturated rings. The van der Waals surface area contributed by atoms with E-state index in [0.29, 0.717) is 24.1 Å². The quantitative estimate of drug-likeness (QED) is 0.829. The topological polar surface area (TPSA) is 49.3 Å². The van der Waals surface area contributed by atoms with Crippen LogP contribution in [0.5, 0.6) is 0 Å². The number of benzene rings is 1. The van der Waals surface area contributed by atoms with Crippen LogP contribution < -0.4 is 5.32 Å². The third kappa shape index (κ3) is 2.47. The number of anilines is 1. The van der Waals surface area contributed by atoms with Crippen LogP contribution in [0.4, 0.5) is 10.1 Å². The van der Waals surface area contributed by atoms with Gasteiger partial charge in [-0.15, -0.1) is 0 Å². The van der Waals surface area contributed by atoms with Gasteiger partial charge in [0.1, 0.15) is 11.4 Å². The molecule has 4 heteroatoms. The molecule has 0 saturated heterocycles.